The number of thiophene rings is 1. The number of rotatable bonds is 3. The Bertz CT molecular complexity index is 924. The third-order valence-electron chi connectivity index (χ3n) is 5.04. The van der Waals surface area contributed by atoms with Crippen LogP contribution < -0.4 is 0 Å². The predicted octanol–water partition coefficient (Wildman–Crippen LogP) is 4.01. The van der Waals surface area contributed by atoms with Crippen molar-refractivity contribution in [2.75, 3.05) is 6.54 Å². The van der Waals surface area contributed by atoms with Gasteiger partial charge in [0, 0.05) is 23.9 Å². The number of para-hydroxylation sites is 1. The van der Waals surface area contributed by atoms with Crippen molar-refractivity contribution in [3.05, 3.63) is 69.7 Å². The molecule has 3 heterocycles. The van der Waals surface area contributed by atoms with Crippen molar-refractivity contribution in [2.45, 2.75) is 31.7 Å². The van der Waals surface area contributed by atoms with Crippen molar-refractivity contribution in [1.82, 2.24) is 14.7 Å². The molecule has 0 saturated heterocycles. The van der Waals surface area contributed by atoms with Crippen LogP contribution in [0.4, 0.5) is 0 Å². The van der Waals surface area contributed by atoms with Crippen LogP contribution in [0.1, 0.15) is 45.4 Å². The maximum absolute atomic E-state index is 13.3. The number of benzene rings is 1. The first-order valence-corrected chi connectivity index (χ1v) is 9.67. The van der Waals surface area contributed by atoms with Crippen LogP contribution in [0.3, 0.4) is 0 Å². The number of hydrogen-bond donors (Lipinski definition) is 0. The highest BCUT2D eigenvalue weighted by Gasteiger charge is 2.31. The van der Waals surface area contributed by atoms with Gasteiger partial charge >= 0.3 is 0 Å². The van der Waals surface area contributed by atoms with Crippen LogP contribution in [0.25, 0.3) is 5.69 Å². The molecule has 0 radical (unpaired) electrons. The van der Waals surface area contributed by atoms with Crippen molar-refractivity contribution in [2.24, 2.45) is 0 Å². The Balaban J connectivity index is 1.51. The van der Waals surface area contributed by atoms with Crippen LogP contribution in [-0.2, 0) is 13.0 Å². The standard InChI is InChI=1S/C20H19N3OS/c24-20(22-10-8-19-15(13-22)9-11-25-19)18-12-17(14-6-7-14)21-23(18)16-4-2-1-3-5-16/h1-5,9,11-12,14H,6-8,10,13H2. The Morgan fingerprint density at radius 2 is 2.00 bits per heavy atom. The van der Waals surface area contributed by atoms with Crippen molar-refractivity contribution in [3.63, 3.8) is 0 Å². The van der Waals surface area contributed by atoms with Gasteiger partial charge in [-0.2, -0.15) is 5.10 Å². The van der Waals surface area contributed by atoms with Crippen molar-refractivity contribution in [1.29, 1.82) is 0 Å². The first-order chi connectivity index (χ1) is 12.3. The van der Waals surface area contributed by atoms with E-state index in [1.54, 1.807) is 11.3 Å². The Kier molecular flexibility index (Phi) is 3.48. The fourth-order valence-electron chi connectivity index (χ4n) is 3.48. The van der Waals surface area contributed by atoms with Gasteiger partial charge in [-0.25, -0.2) is 4.68 Å². The molecule has 3 aromatic rings. The van der Waals surface area contributed by atoms with Gasteiger partial charge in [-0.05, 0) is 54.5 Å². The van der Waals surface area contributed by atoms with Gasteiger partial charge < -0.3 is 4.90 Å². The lowest BCUT2D eigenvalue weighted by Gasteiger charge is -2.27. The summed E-state index contributed by atoms with van der Waals surface area (Å²) in [7, 11) is 0. The Morgan fingerprint density at radius 3 is 2.80 bits per heavy atom. The minimum Gasteiger partial charge on any atom is -0.333 e. The molecule has 1 aliphatic heterocycles. The summed E-state index contributed by atoms with van der Waals surface area (Å²) in [6.45, 7) is 1.49. The number of hydrogen-bond acceptors (Lipinski definition) is 3. The zero-order valence-corrected chi connectivity index (χ0v) is 14.7. The summed E-state index contributed by atoms with van der Waals surface area (Å²) in [6, 6.07) is 14.1. The second kappa shape index (κ2) is 5.85. The minimum atomic E-state index is 0.0834. The van der Waals surface area contributed by atoms with Gasteiger partial charge in [0.2, 0.25) is 0 Å². The number of fused-ring (bicyclic) bond motifs is 1. The third kappa shape index (κ3) is 2.68. The summed E-state index contributed by atoms with van der Waals surface area (Å²) >= 11 is 1.80. The van der Waals surface area contributed by atoms with E-state index in [-0.39, 0.29) is 5.91 Å². The molecule has 0 spiro atoms. The second-order valence-electron chi connectivity index (χ2n) is 6.82. The SMILES string of the molecule is O=C(c1cc(C2CC2)nn1-c1ccccc1)N1CCc2sccc2C1. The van der Waals surface area contributed by atoms with E-state index in [0.29, 0.717) is 18.2 Å². The number of amides is 1. The van der Waals surface area contributed by atoms with Crippen LogP contribution >= 0.6 is 11.3 Å². The molecule has 2 aliphatic rings. The molecule has 1 aliphatic carbocycles. The molecule has 5 rings (SSSR count). The fourth-order valence-corrected chi connectivity index (χ4v) is 4.37. The number of carbonyl (C=O) groups is 1. The highest BCUT2D eigenvalue weighted by molar-refractivity contribution is 7.10. The number of nitrogens with zero attached hydrogens (tertiary/aromatic N) is 3. The second-order valence-corrected chi connectivity index (χ2v) is 7.82. The maximum Gasteiger partial charge on any atom is 0.272 e. The molecule has 0 atom stereocenters. The number of carbonyl (C=O) groups excluding carboxylic acids is 1. The van der Waals surface area contributed by atoms with E-state index in [0.717, 1.165) is 24.3 Å². The fraction of sp³-hybridized carbons (Fsp3) is 0.300. The summed E-state index contributed by atoms with van der Waals surface area (Å²) in [5.74, 6) is 0.612. The quantitative estimate of drug-likeness (QED) is 0.716. The highest BCUT2D eigenvalue weighted by Crippen LogP contribution is 2.40. The van der Waals surface area contributed by atoms with Crippen LogP contribution in [0, 0.1) is 0 Å². The van der Waals surface area contributed by atoms with Crippen LogP contribution in [0.2, 0.25) is 0 Å². The first-order valence-electron chi connectivity index (χ1n) is 8.79. The van der Waals surface area contributed by atoms with Crippen molar-refractivity contribution < 1.29 is 4.79 Å². The lowest BCUT2D eigenvalue weighted by molar-refractivity contribution is 0.0726. The van der Waals surface area contributed by atoms with Gasteiger partial charge in [0.1, 0.15) is 5.69 Å². The molecule has 126 valence electrons. The van der Waals surface area contributed by atoms with Gasteiger partial charge in [-0.15, -0.1) is 11.3 Å². The maximum atomic E-state index is 13.3. The Labute approximate surface area is 150 Å². The molecule has 1 amide bonds. The van der Waals surface area contributed by atoms with E-state index in [9.17, 15) is 4.79 Å². The molecule has 0 unspecified atom stereocenters. The molecule has 4 nitrogen and oxygen atoms in total. The molecular weight excluding hydrogens is 330 g/mol. The third-order valence-corrected chi connectivity index (χ3v) is 6.06. The van der Waals surface area contributed by atoms with Crippen molar-refractivity contribution >= 4 is 17.2 Å². The van der Waals surface area contributed by atoms with Gasteiger partial charge in [-0.3, -0.25) is 4.79 Å². The molecule has 0 N–H and O–H groups in total. The molecule has 2 aromatic heterocycles. The molecule has 0 bridgehead atoms. The van der Waals surface area contributed by atoms with Crippen molar-refractivity contribution in [3.8, 4) is 5.69 Å². The van der Waals surface area contributed by atoms with Gasteiger partial charge in [0.25, 0.3) is 5.91 Å². The Hall–Kier alpha value is -2.40. The Morgan fingerprint density at radius 1 is 1.16 bits per heavy atom. The number of aromatic nitrogens is 2. The smallest absolute Gasteiger partial charge is 0.272 e. The average molecular weight is 349 g/mol. The monoisotopic (exact) mass is 349 g/mol. The van der Waals surface area contributed by atoms with Gasteiger partial charge in [0.05, 0.1) is 11.4 Å². The summed E-state index contributed by atoms with van der Waals surface area (Å²) in [6.07, 6.45) is 3.32. The van der Waals surface area contributed by atoms with Gasteiger partial charge in [-0.1, -0.05) is 18.2 Å². The lowest BCUT2D eigenvalue weighted by Crippen LogP contribution is -2.36. The van der Waals surface area contributed by atoms with E-state index in [1.165, 1.54) is 23.3 Å². The van der Waals surface area contributed by atoms with Gasteiger partial charge in [0.15, 0.2) is 0 Å². The molecule has 5 heteroatoms. The first kappa shape index (κ1) is 14.9. The minimum absolute atomic E-state index is 0.0834. The molecule has 1 aromatic carbocycles. The lowest BCUT2D eigenvalue weighted by atomic mass is 10.1. The van der Waals surface area contributed by atoms with Crippen LogP contribution in [0.5, 0.6) is 0 Å². The molecule has 1 fully saturated rings. The summed E-state index contributed by atoms with van der Waals surface area (Å²) in [4.78, 5) is 16.6. The van der Waals surface area contributed by atoms with E-state index < -0.39 is 0 Å². The normalized spacial score (nSPS) is 16.7. The largest absolute Gasteiger partial charge is 0.333 e. The average Bonchev–Trinajstić information content (AvgIpc) is 3.24. The van der Waals surface area contributed by atoms with E-state index in [1.807, 2.05) is 46.0 Å². The van der Waals surface area contributed by atoms with E-state index in [4.69, 9.17) is 5.10 Å². The molecule has 25 heavy (non-hydrogen) atoms. The zero-order valence-electron chi connectivity index (χ0n) is 13.9. The zero-order chi connectivity index (χ0) is 16.8. The topological polar surface area (TPSA) is 38.1 Å². The van der Waals surface area contributed by atoms with E-state index >= 15 is 0 Å². The molecular formula is C20H19N3OS. The predicted molar refractivity (Wildman–Crippen MR) is 98.3 cm³/mol. The van der Waals surface area contributed by atoms with Crippen LogP contribution in [0.15, 0.2) is 47.8 Å². The highest BCUT2D eigenvalue weighted by atomic mass is 32.1. The summed E-state index contributed by atoms with van der Waals surface area (Å²) < 4.78 is 1.83. The molecule has 1 saturated carbocycles. The van der Waals surface area contributed by atoms with E-state index in [2.05, 4.69) is 11.4 Å². The summed E-state index contributed by atoms with van der Waals surface area (Å²) in [5.41, 5.74) is 3.98. The summed E-state index contributed by atoms with van der Waals surface area (Å²) in [5, 5.41) is 6.89. The van der Waals surface area contributed by atoms with Crippen LogP contribution in [-0.4, -0.2) is 27.1 Å².